The van der Waals surface area contributed by atoms with Gasteiger partial charge in [0.15, 0.2) is 0 Å². The standard InChI is InChI=1S/C15H22N4S/c1-10-18-14-8-13(12(16)7-15(14)20-10)17-9-11-5-3-4-6-19(11)2/h7-8,11,17H,3-6,9,16H2,1-2H3. The molecule has 1 aromatic carbocycles. The summed E-state index contributed by atoms with van der Waals surface area (Å²) in [4.78, 5) is 6.98. The van der Waals surface area contributed by atoms with Crippen LogP contribution in [0, 0.1) is 6.92 Å². The van der Waals surface area contributed by atoms with Gasteiger partial charge >= 0.3 is 0 Å². The van der Waals surface area contributed by atoms with Crippen LogP contribution in [-0.4, -0.2) is 36.1 Å². The lowest BCUT2D eigenvalue weighted by Gasteiger charge is -2.32. The Kier molecular flexibility index (Phi) is 3.81. The van der Waals surface area contributed by atoms with Crippen LogP contribution in [0.5, 0.6) is 0 Å². The number of fused-ring (bicyclic) bond motifs is 1. The largest absolute Gasteiger partial charge is 0.397 e. The molecule has 3 N–H and O–H groups in total. The summed E-state index contributed by atoms with van der Waals surface area (Å²) >= 11 is 1.69. The van der Waals surface area contributed by atoms with E-state index in [0.717, 1.165) is 28.4 Å². The SMILES string of the molecule is Cc1nc2cc(NCC3CCCCN3C)c(N)cc2s1. The number of aryl methyl sites for hydroxylation is 1. The molecule has 1 unspecified atom stereocenters. The topological polar surface area (TPSA) is 54.2 Å². The highest BCUT2D eigenvalue weighted by atomic mass is 32.1. The number of nitrogens with zero attached hydrogens (tertiary/aromatic N) is 2. The lowest BCUT2D eigenvalue weighted by atomic mass is 10.0. The molecule has 1 fully saturated rings. The van der Waals surface area contributed by atoms with Gasteiger partial charge in [0.1, 0.15) is 0 Å². The van der Waals surface area contributed by atoms with Gasteiger partial charge in [-0.05, 0) is 45.5 Å². The maximum Gasteiger partial charge on any atom is 0.0907 e. The molecule has 0 amide bonds. The second kappa shape index (κ2) is 5.58. The minimum atomic E-state index is 0.607. The van der Waals surface area contributed by atoms with E-state index in [0.29, 0.717) is 6.04 Å². The number of aromatic nitrogens is 1. The van der Waals surface area contributed by atoms with Crippen LogP contribution in [0.4, 0.5) is 11.4 Å². The van der Waals surface area contributed by atoms with Crippen molar-refractivity contribution >= 4 is 32.9 Å². The molecule has 20 heavy (non-hydrogen) atoms. The summed E-state index contributed by atoms with van der Waals surface area (Å²) in [6.07, 6.45) is 3.91. The van der Waals surface area contributed by atoms with Crippen LogP contribution in [0.1, 0.15) is 24.3 Å². The predicted octanol–water partition coefficient (Wildman–Crippen LogP) is 3.08. The summed E-state index contributed by atoms with van der Waals surface area (Å²) < 4.78 is 1.17. The Bertz CT molecular complexity index is 607. The molecule has 2 heterocycles. The molecule has 2 aromatic rings. The van der Waals surface area contributed by atoms with Gasteiger partial charge in [-0.1, -0.05) is 6.42 Å². The first kappa shape index (κ1) is 13.6. The molecule has 0 spiro atoms. The lowest BCUT2D eigenvalue weighted by molar-refractivity contribution is 0.194. The zero-order valence-electron chi connectivity index (χ0n) is 12.1. The maximum absolute atomic E-state index is 6.15. The Morgan fingerprint density at radius 3 is 3.10 bits per heavy atom. The summed E-state index contributed by atoms with van der Waals surface area (Å²) in [5, 5.41) is 4.60. The van der Waals surface area contributed by atoms with Gasteiger partial charge in [-0.15, -0.1) is 11.3 Å². The van der Waals surface area contributed by atoms with Gasteiger partial charge in [0, 0.05) is 12.6 Å². The molecule has 0 radical (unpaired) electrons. The quantitative estimate of drug-likeness (QED) is 0.853. The van der Waals surface area contributed by atoms with E-state index in [2.05, 4.69) is 28.3 Å². The second-order valence-corrected chi connectivity index (χ2v) is 6.89. The maximum atomic E-state index is 6.15. The molecule has 108 valence electrons. The Balaban J connectivity index is 1.74. The van der Waals surface area contributed by atoms with Crippen LogP contribution in [0.15, 0.2) is 12.1 Å². The normalized spacial score (nSPS) is 20.4. The van der Waals surface area contributed by atoms with Gasteiger partial charge in [0.25, 0.3) is 0 Å². The molecule has 1 aliphatic heterocycles. The van der Waals surface area contributed by atoms with E-state index in [1.165, 1.54) is 30.5 Å². The molecular formula is C15H22N4S. The average Bonchev–Trinajstić information content (AvgIpc) is 2.76. The third kappa shape index (κ3) is 2.74. The van der Waals surface area contributed by atoms with Crippen molar-refractivity contribution in [1.82, 2.24) is 9.88 Å². The number of anilines is 2. The number of piperidine rings is 1. The number of hydrogen-bond acceptors (Lipinski definition) is 5. The minimum absolute atomic E-state index is 0.607. The van der Waals surface area contributed by atoms with Crippen LogP contribution >= 0.6 is 11.3 Å². The van der Waals surface area contributed by atoms with E-state index in [4.69, 9.17) is 5.73 Å². The van der Waals surface area contributed by atoms with Crippen molar-refractivity contribution in [3.63, 3.8) is 0 Å². The van der Waals surface area contributed by atoms with Gasteiger partial charge in [-0.2, -0.15) is 0 Å². The van der Waals surface area contributed by atoms with Gasteiger partial charge in [-0.3, -0.25) is 0 Å². The van der Waals surface area contributed by atoms with Crippen molar-refractivity contribution < 1.29 is 0 Å². The van der Waals surface area contributed by atoms with Crippen LogP contribution in [0.2, 0.25) is 0 Å². The number of nitrogen functional groups attached to an aromatic ring is 1. The number of benzene rings is 1. The van der Waals surface area contributed by atoms with Crippen LogP contribution in [0.3, 0.4) is 0 Å². The number of likely N-dealkylation sites (tertiary alicyclic amines) is 1. The Morgan fingerprint density at radius 2 is 2.30 bits per heavy atom. The summed E-state index contributed by atoms with van der Waals surface area (Å²) in [6.45, 7) is 4.19. The number of hydrogen-bond donors (Lipinski definition) is 2. The van der Waals surface area contributed by atoms with E-state index in [1.807, 2.05) is 13.0 Å². The molecular weight excluding hydrogens is 268 g/mol. The molecule has 1 saturated heterocycles. The monoisotopic (exact) mass is 290 g/mol. The zero-order valence-corrected chi connectivity index (χ0v) is 13.0. The van der Waals surface area contributed by atoms with Gasteiger partial charge in [-0.25, -0.2) is 4.98 Å². The van der Waals surface area contributed by atoms with Gasteiger partial charge < -0.3 is 16.0 Å². The van der Waals surface area contributed by atoms with Crippen molar-refractivity contribution in [3.05, 3.63) is 17.1 Å². The van der Waals surface area contributed by atoms with Gasteiger partial charge in [0.2, 0.25) is 0 Å². The highest BCUT2D eigenvalue weighted by molar-refractivity contribution is 7.18. The fourth-order valence-corrected chi connectivity index (χ4v) is 3.74. The number of likely N-dealkylation sites (N-methyl/N-ethyl adjacent to an activating group) is 1. The fraction of sp³-hybridized carbons (Fsp3) is 0.533. The third-order valence-corrected chi connectivity index (χ3v) is 5.05. The first-order valence-corrected chi connectivity index (χ1v) is 8.06. The highest BCUT2D eigenvalue weighted by Crippen LogP contribution is 2.30. The van der Waals surface area contributed by atoms with Crippen molar-refractivity contribution in [2.45, 2.75) is 32.2 Å². The fourth-order valence-electron chi connectivity index (χ4n) is 2.89. The summed E-state index contributed by atoms with van der Waals surface area (Å²) in [5.41, 5.74) is 9.03. The van der Waals surface area contributed by atoms with E-state index in [9.17, 15) is 0 Å². The average molecular weight is 290 g/mol. The number of rotatable bonds is 3. The molecule has 1 aromatic heterocycles. The molecule has 1 atom stereocenters. The Hall–Kier alpha value is -1.33. The zero-order chi connectivity index (χ0) is 14.1. The number of nitrogens with two attached hydrogens (primary N) is 1. The summed E-state index contributed by atoms with van der Waals surface area (Å²) in [6, 6.07) is 4.72. The number of nitrogens with one attached hydrogen (secondary N) is 1. The Morgan fingerprint density at radius 1 is 1.45 bits per heavy atom. The van der Waals surface area contributed by atoms with E-state index >= 15 is 0 Å². The molecule has 0 bridgehead atoms. The molecule has 3 rings (SSSR count). The van der Waals surface area contributed by atoms with E-state index < -0.39 is 0 Å². The molecule has 0 aliphatic carbocycles. The van der Waals surface area contributed by atoms with Crippen molar-refractivity contribution in [1.29, 1.82) is 0 Å². The van der Waals surface area contributed by atoms with E-state index in [1.54, 1.807) is 11.3 Å². The van der Waals surface area contributed by atoms with Crippen molar-refractivity contribution in [2.75, 3.05) is 31.2 Å². The van der Waals surface area contributed by atoms with Crippen LogP contribution in [0.25, 0.3) is 10.2 Å². The summed E-state index contributed by atoms with van der Waals surface area (Å²) in [5.74, 6) is 0. The van der Waals surface area contributed by atoms with Crippen molar-refractivity contribution in [3.8, 4) is 0 Å². The first-order valence-electron chi connectivity index (χ1n) is 7.24. The Labute approximate surface area is 124 Å². The van der Waals surface area contributed by atoms with Gasteiger partial charge in [0.05, 0.1) is 26.6 Å². The third-order valence-electron chi connectivity index (χ3n) is 4.12. The lowest BCUT2D eigenvalue weighted by Crippen LogP contribution is -2.40. The molecule has 4 nitrogen and oxygen atoms in total. The molecule has 0 saturated carbocycles. The predicted molar refractivity (Wildman–Crippen MR) is 87.5 cm³/mol. The second-order valence-electron chi connectivity index (χ2n) is 5.65. The summed E-state index contributed by atoms with van der Waals surface area (Å²) in [7, 11) is 2.21. The minimum Gasteiger partial charge on any atom is -0.397 e. The van der Waals surface area contributed by atoms with Crippen molar-refractivity contribution in [2.24, 2.45) is 0 Å². The number of thiazole rings is 1. The van der Waals surface area contributed by atoms with Crippen LogP contribution < -0.4 is 11.1 Å². The molecule has 5 heteroatoms. The first-order chi connectivity index (χ1) is 9.63. The van der Waals surface area contributed by atoms with Crippen LogP contribution in [-0.2, 0) is 0 Å². The highest BCUT2D eigenvalue weighted by Gasteiger charge is 2.18. The molecule has 1 aliphatic rings. The van der Waals surface area contributed by atoms with E-state index in [-0.39, 0.29) is 0 Å². The smallest absolute Gasteiger partial charge is 0.0907 e.